The maximum atomic E-state index is 12.4. The van der Waals surface area contributed by atoms with Crippen LogP contribution in [0.15, 0.2) is 64.5 Å². The second kappa shape index (κ2) is 10.7. The molecule has 1 saturated heterocycles. The third-order valence-corrected chi connectivity index (χ3v) is 6.91. The van der Waals surface area contributed by atoms with Gasteiger partial charge in [-0.05, 0) is 53.7 Å². The molecule has 1 heterocycles. The Labute approximate surface area is 219 Å². The van der Waals surface area contributed by atoms with Crippen molar-refractivity contribution in [3.63, 3.8) is 0 Å². The minimum atomic E-state index is -0.317. The molecule has 1 amide bonds. The molecule has 10 heteroatoms. The van der Waals surface area contributed by atoms with Crippen molar-refractivity contribution < 1.29 is 9.53 Å². The first kappa shape index (κ1) is 24.5. The third kappa shape index (κ3) is 5.52. The number of halogens is 4. The number of rotatable bonds is 5. The van der Waals surface area contributed by atoms with Crippen molar-refractivity contribution in [3.05, 3.63) is 96.3 Å². The Morgan fingerprint density at radius 3 is 2.50 bits per heavy atom. The molecule has 0 bridgehead atoms. The Morgan fingerprint density at radius 1 is 1.03 bits per heavy atom. The van der Waals surface area contributed by atoms with Crippen LogP contribution in [0.4, 0.5) is 5.69 Å². The number of amidine groups is 1. The van der Waals surface area contributed by atoms with Crippen molar-refractivity contribution in [1.29, 1.82) is 5.26 Å². The van der Waals surface area contributed by atoms with E-state index in [1.807, 2.05) is 6.07 Å². The van der Waals surface area contributed by atoms with Crippen LogP contribution in [0.25, 0.3) is 6.08 Å². The van der Waals surface area contributed by atoms with Gasteiger partial charge in [-0.3, -0.25) is 4.79 Å². The van der Waals surface area contributed by atoms with Crippen molar-refractivity contribution in [1.82, 2.24) is 5.32 Å². The summed E-state index contributed by atoms with van der Waals surface area (Å²) in [5.74, 6) is -0.0258. The zero-order chi connectivity index (χ0) is 24.2. The van der Waals surface area contributed by atoms with Gasteiger partial charge in [0.1, 0.15) is 6.61 Å². The molecule has 1 N–H and O–H groups in total. The summed E-state index contributed by atoms with van der Waals surface area (Å²) >= 11 is 26.2. The van der Waals surface area contributed by atoms with Gasteiger partial charge >= 0.3 is 0 Å². The van der Waals surface area contributed by atoms with Crippen molar-refractivity contribution in [2.24, 2.45) is 4.99 Å². The first-order valence-corrected chi connectivity index (χ1v) is 12.0. The predicted molar refractivity (Wildman–Crippen MR) is 139 cm³/mol. The standard InChI is InChI=1S/C24H13Cl4N3O2S/c25-16-6-3-7-19(21(16)28)30-24-31-23(32)20(34-24)10-13-8-17(26)22(18(27)9-13)33-12-15-5-2-1-4-14(15)11-29/h1-10H,12H2,(H,30,31,32)/b20-10+. The van der Waals surface area contributed by atoms with Crippen LogP contribution in [-0.2, 0) is 11.4 Å². The summed E-state index contributed by atoms with van der Waals surface area (Å²) in [5, 5.41) is 13.5. The average Bonchev–Trinajstić information content (AvgIpc) is 3.15. The number of ether oxygens (including phenoxy) is 1. The molecular formula is C24H13Cl4N3O2S. The first-order chi connectivity index (χ1) is 16.4. The Kier molecular flexibility index (Phi) is 7.72. The van der Waals surface area contributed by atoms with Gasteiger partial charge in [-0.2, -0.15) is 5.26 Å². The van der Waals surface area contributed by atoms with Gasteiger partial charge in [0, 0.05) is 5.56 Å². The maximum absolute atomic E-state index is 12.4. The van der Waals surface area contributed by atoms with E-state index < -0.39 is 0 Å². The van der Waals surface area contributed by atoms with Gasteiger partial charge in [0.05, 0.1) is 42.3 Å². The third-order valence-electron chi connectivity index (χ3n) is 4.63. The lowest BCUT2D eigenvalue weighted by atomic mass is 10.1. The fourth-order valence-corrected chi connectivity index (χ4v) is 4.81. The van der Waals surface area contributed by atoms with Gasteiger partial charge in [0.15, 0.2) is 10.9 Å². The monoisotopic (exact) mass is 547 g/mol. The van der Waals surface area contributed by atoms with Crippen LogP contribution >= 0.6 is 58.2 Å². The van der Waals surface area contributed by atoms with Crippen LogP contribution in [0.1, 0.15) is 16.7 Å². The molecule has 3 aromatic carbocycles. The minimum absolute atomic E-state index is 0.133. The summed E-state index contributed by atoms with van der Waals surface area (Å²) in [6.07, 6.45) is 1.65. The smallest absolute Gasteiger partial charge is 0.264 e. The number of amides is 1. The van der Waals surface area contributed by atoms with Crippen LogP contribution in [-0.4, -0.2) is 11.1 Å². The Balaban J connectivity index is 1.53. The first-order valence-electron chi connectivity index (χ1n) is 9.69. The summed E-state index contributed by atoms with van der Waals surface area (Å²) in [6.45, 7) is 0.133. The molecule has 5 nitrogen and oxygen atoms in total. The lowest BCUT2D eigenvalue weighted by Crippen LogP contribution is -2.19. The number of aliphatic imine (C=N–C) groups is 1. The number of carbonyl (C=O) groups is 1. The van der Waals surface area contributed by atoms with Gasteiger partial charge in [0.25, 0.3) is 5.91 Å². The fourth-order valence-electron chi connectivity index (χ4n) is 3.03. The molecule has 0 spiro atoms. The summed E-state index contributed by atoms with van der Waals surface area (Å²) in [7, 11) is 0. The molecule has 0 radical (unpaired) electrons. The van der Waals surface area contributed by atoms with Gasteiger partial charge < -0.3 is 10.1 Å². The molecule has 4 rings (SSSR count). The molecule has 1 aliphatic rings. The molecule has 1 fully saturated rings. The zero-order valence-electron chi connectivity index (χ0n) is 17.1. The van der Waals surface area contributed by atoms with E-state index in [1.165, 1.54) is 0 Å². The summed E-state index contributed by atoms with van der Waals surface area (Å²) in [6, 6.07) is 17.6. The van der Waals surface area contributed by atoms with E-state index in [0.717, 1.165) is 11.8 Å². The van der Waals surface area contributed by atoms with E-state index in [0.29, 0.717) is 48.2 Å². The highest BCUT2D eigenvalue weighted by molar-refractivity contribution is 8.18. The summed E-state index contributed by atoms with van der Waals surface area (Å²) in [5.41, 5.74) is 2.29. The Bertz CT molecular complexity index is 1380. The predicted octanol–water partition coefficient (Wildman–Crippen LogP) is 7.64. The second-order valence-corrected chi connectivity index (χ2v) is 9.56. The molecule has 170 valence electrons. The number of nitrogens with one attached hydrogen (secondary N) is 1. The van der Waals surface area contributed by atoms with Crippen LogP contribution < -0.4 is 10.1 Å². The number of nitriles is 1. The zero-order valence-corrected chi connectivity index (χ0v) is 21.0. The number of carbonyl (C=O) groups excluding carboxylic acids is 1. The highest BCUT2D eigenvalue weighted by atomic mass is 35.5. The summed E-state index contributed by atoms with van der Waals surface area (Å²) < 4.78 is 5.78. The SMILES string of the molecule is N#Cc1ccccc1COc1c(Cl)cc(/C=C2/SC(=Nc3cccc(Cl)c3Cl)NC2=O)cc1Cl. The van der Waals surface area contributed by atoms with Gasteiger partial charge in [0.2, 0.25) is 0 Å². The number of thioether (sulfide) groups is 1. The van der Waals surface area contributed by atoms with Crippen molar-refractivity contribution >= 4 is 81.0 Å². The molecule has 3 aromatic rings. The molecule has 0 unspecified atom stereocenters. The van der Waals surface area contributed by atoms with Crippen LogP contribution in [0, 0.1) is 11.3 Å². The molecule has 34 heavy (non-hydrogen) atoms. The van der Waals surface area contributed by atoms with Crippen molar-refractivity contribution in [3.8, 4) is 11.8 Å². The van der Waals surface area contributed by atoms with E-state index in [4.69, 9.17) is 51.1 Å². The molecule has 0 aliphatic carbocycles. The average molecular weight is 549 g/mol. The molecular weight excluding hydrogens is 536 g/mol. The lowest BCUT2D eigenvalue weighted by Gasteiger charge is -2.12. The van der Waals surface area contributed by atoms with E-state index in [1.54, 1.807) is 54.6 Å². The van der Waals surface area contributed by atoms with Crippen LogP contribution in [0.5, 0.6) is 5.75 Å². The fraction of sp³-hybridized carbons (Fsp3) is 0.0417. The van der Waals surface area contributed by atoms with Crippen LogP contribution in [0.3, 0.4) is 0 Å². The lowest BCUT2D eigenvalue weighted by molar-refractivity contribution is -0.115. The minimum Gasteiger partial charge on any atom is -0.486 e. The van der Waals surface area contributed by atoms with Crippen LogP contribution in [0.2, 0.25) is 20.1 Å². The van der Waals surface area contributed by atoms with Gasteiger partial charge in [-0.25, -0.2) is 4.99 Å². The molecule has 1 aliphatic heterocycles. The Morgan fingerprint density at radius 2 is 1.76 bits per heavy atom. The van der Waals surface area contributed by atoms with Crippen molar-refractivity contribution in [2.45, 2.75) is 6.61 Å². The van der Waals surface area contributed by atoms with Crippen molar-refractivity contribution in [2.75, 3.05) is 0 Å². The number of hydrogen-bond donors (Lipinski definition) is 1. The number of nitrogens with zero attached hydrogens (tertiary/aromatic N) is 2. The van der Waals surface area contributed by atoms with E-state index in [9.17, 15) is 10.1 Å². The van der Waals surface area contributed by atoms with Gasteiger partial charge in [-0.15, -0.1) is 0 Å². The molecule has 0 atom stereocenters. The Hall–Kier alpha value is -2.66. The van der Waals surface area contributed by atoms with E-state index in [-0.39, 0.29) is 22.6 Å². The summed E-state index contributed by atoms with van der Waals surface area (Å²) in [4.78, 5) is 17.2. The second-order valence-electron chi connectivity index (χ2n) is 6.93. The quantitative estimate of drug-likeness (QED) is 0.332. The highest BCUT2D eigenvalue weighted by Gasteiger charge is 2.24. The maximum Gasteiger partial charge on any atom is 0.264 e. The molecule has 0 aromatic heterocycles. The normalized spacial score (nSPS) is 15.4. The largest absolute Gasteiger partial charge is 0.486 e. The topological polar surface area (TPSA) is 74.5 Å². The highest BCUT2D eigenvalue weighted by Crippen LogP contribution is 2.38. The number of hydrogen-bond acceptors (Lipinski definition) is 5. The molecule has 0 saturated carbocycles. The van der Waals surface area contributed by atoms with E-state index >= 15 is 0 Å². The number of benzene rings is 3. The van der Waals surface area contributed by atoms with Gasteiger partial charge in [-0.1, -0.05) is 70.7 Å². The van der Waals surface area contributed by atoms with E-state index in [2.05, 4.69) is 16.4 Å².